The Morgan fingerprint density at radius 1 is 1.12 bits per heavy atom. The van der Waals surface area contributed by atoms with E-state index in [0.29, 0.717) is 12.8 Å². The van der Waals surface area contributed by atoms with Crippen LogP contribution >= 0.6 is 0 Å². The number of fused-ring (bicyclic) bond motifs is 3. The van der Waals surface area contributed by atoms with Crippen molar-refractivity contribution in [3.05, 3.63) is 36.0 Å². The Morgan fingerprint density at radius 2 is 1.86 bits per heavy atom. The first kappa shape index (κ1) is 41.8. The number of carboxylic acid groups (broad SMARTS) is 1. The largest absolute Gasteiger partial charge is 0.497 e. The molecule has 2 saturated carbocycles. The zero-order valence-corrected chi connectivity index (χ0v) is 32.1. The molecule has 4 aliphatic rings. The Bertz CT molecular complexity index is 2050. The first-order chi connectivity index (χ1) is 26.9. The quantitative estimate of drug-likeness (QED) is 0.201. The topological polar surface area (TPSA) is 215 Å². The summed E-state index contributed by atoms with van der Waals surface area (Å²) in [5.74, 6) is -5.28. The number of aromatic nitrogens is 2. The van der Waals surface area contributed by atoms with Crippen LogP contribution in [0.3, 0.4) is 0 Å². The number of ether oxygens (including phenoxy) is 3. The molecule has 3 fully saturated rings. The van der Waals surface area contributed by atoms with Gasteiger partial charge in [0.15, 0.2) is 0 Å². The standard InChI is InChI=1S/C36H44F4N6O10S/c1-19-6-4-5-7-21-15-35(21,32(49)45-57(52,53)34(18-37)10-11-34)44-29(47)26-14-23(16-46(26)31(48)27(43-33(50)51)20(12-19)17-54-2)56-30-28(36(38,39)40)41-24-9-8-22(55-3)13-25(24)42-30/h5,7-9,13,19-21,23,26-27,43H,4,6,10-12,14-18H2,1-3H3,(H,44,47)(H,45,49)(H,50,51)/b7-5-/t19-,20-,21+,23+,26-,27-,35+/m0/s1. The molecule has 57 heavy (non-hydrogen) atoms. The van der Waals surface area contributed by atoms with E-state index in [4.69, 9.17) is 14.2 Å². The molecule has 0 bridgehead atoms. The fraction of sp³-hybridized carbons (Fsp3) is 0.611. The SMILES string of the molecule is COC[C@@H]1C[C@@H](C)CC/C=C\[C@@H]2C[C@@]2(C(=O)NS(=O)(=O)C2(CF)CC2)NC(=O)[C@@H]2C[C@@H](Oc3nc4cc(OC)ccc4nc3C(F)(F)F)CN2C(=O)[C@H]1NC(=O)O. The lowest BCUT2D eigenvalue weighted by Gasteiger charge is -2.33. The average molecular weight is 829 g/mol. The second kappa shape index (κ2) is 15.9. The molecule has 16 nitrogen and oxygen atoms in total. The maximum absolute atomic E-state index is 14.5. The lowest BCUT2D eigenvalue weighted by atomic mass is 9.87. The van der Waals surface area contributed by atoms with Gasteiger partial charge in [-0.25, -0.2) is 27.6 Å². The Hall–Kier alpha value is -4.79. The van der Waals surface area contributed by atoms with Gasteiger partial charge in [0.1, 0.15) is 40.9 Å². The molecule has 2 aliphatic heterocycles. The lowest BCUT2D eigenvalue weighted by molar-refractivity contribution is -0.143. The number of carbonyl (C=O) groups is 4. The third kappa shape index (κ3) is 8.58. The summed E-state index contributed by atoms with van der Waals surface area (Å²) in [6.45, 7) is 0.0564. The van der Waals surface area contributed by atoms with Crippen LogP contribution in [0.4, 0.5) is 22.4 Å². The number of hydrogen-bond donors (Lipinski definition) is 4. The number of rotatable bonds is 10. The fourth-order valence-corrected chi connectivity index (χ4v) is 9.07. The molecule has 1 aromatic heterocycles. The Balaban J connectivity index is 1.39. The molecule has 312 valence electrons. The van der Waals surface area contributed by atoms with Gasteiger partial charge in [0.2, 0.25) is 33.4 Å². The number of amides is 4. The van der Waals surface area contributed by atoms with Crippen LogP contribution in [0.1, 0.15) is 57.6 Å². The van der Waals surface area contributed by atoms with Crippen molar-refractivity contribution in [2.24, 2.45) is 17.8 Å². The highest BCUT2D eigenvalue weighted by Gasteiger charge is 2.64. The predicted molar refractivity (Wildman–Crippen MR) is 192 cm³/mol. The molecule has 4 amide bonds. The van der Waals surface area contributed by atoms with E-state index in [1.807, 2.05) is 11.6 Å². The molecule has 0 radical (unpaired) electrons. The molecular formula is C36H44F4N6O10S. The minimum Gasteiger partial charge on any atom is -0.497 e. The van der Waals surface area contributed by atoms with Crippen LogP contribution in [0.25, 0.3) is 11.0 Å². The molecule has 0 spiro atoms. The lowest BCUT2D eigenvalue weighted by Crippen LogP contribution is -2.60. The molecule has 2 aromatic rings. The van der Waals surface area contributed by atoms with E-state index < -0.39 is 112 Å². The van der Waals surface area contributed by atoms with Crippen molar-refractivity contribution in [1.82, 2.24) is 30.2 Å². The van der Waals surface area contributed by atoms with Crippen LogP contribution in [0.2, 0.25) is 0 Å². The summed E-state index contributed by atoms with van der Waals surface area (Å²) in [5, 5.41) is 14.7. The number of hydrogen-bond acceptors (Lipinski definition) is 11. The summed E-state index contributed by atoms with van der Waals surface area (Å²) in [6.07, 6.45) is -3.74. The van der Waals surface area contributed by atoms with Crippen LogP contribution in [-0.2, 0) is 35.3 Å². The number of nitrogens with zero attached hydrogens (tertiary/aromatic N) is 3. The van der Waals surface area contributed by atoms with Crippen molar-refractivity contribution in [2.75, 3.05) is 34.0 Å². The summed E-state index contributed by atoms with van der Waals surface area (Å²) < 4.78 is 99.7. The van der Waals surface area contributed by atoms with E-state index in [0.717, 1.165) is 4.90 Å². The van der Waals surface area contributed by atoms with Crippen molar-refractivity contribution in [2.45, 2.75) is 86.5 Å². The molecule has 3 heterocycles. The summed E-state index contributed by atoms with van der Waals surface area (Å²) >= 11 is 0. The number of halogens is 4. The van der Waals surface area contributed by atoms with Gasteiger partial charge in [-0.1, -0.05) is 19.1 Å². The zero-order chi connectivity index (χ0) is 41.5. The van der Waals surface area contributed by atoms with E-state index in [2.05, 4.69) is 20.6 Å². The van der Waals surface area contributed by atoms with E-state index in [1.54, 1.807) is 12.2 Å². The normalized spacial score (nSPS) is 29.5. The van der Waals surface area contributed by atoms with Crippen LogP contribution in [0, 0.1) is 17.8 Å². The highest BCUT2D eigenvalue weighted by molar-refractivity contribution is 7.91. The minimum atomic E-state index is -5.05. The van der Waals surface area contributed by atoms with E-state index >= 15 is 0 Å². The number of methoxy groups -OCH3 is 2. The molecular weight excluding hydrogens is 784 g/mol. The summed E-state index contributed by atoms with van der Waals surface area (Å²) in [4.78, 5) is 63.6. The van der Waals surface area contributed by atoms with Crippen molar-refractivity contribution < 1.29 is 64.5 Å². The zero-order valence-electron chi connectivity index (χ0n) is 31.3. The first-order valence-corrected chi connectivity index (χ1v) is 19.8. The number of carbonyl (C=O) groups excluding carboxylic acids is 3. The maximum atomic E-state index is 14.5. The monoisotopic (exact) mass is 828 g/mol. The highest BCUT2D eigenvalue weighted by Crippen LogP contribution is 2.48. The molecule has 1 saturated heterocycles. The smallest absolute Gasteiger partial charge is 0.438 e. The number of alkyl halides is 4. The van der Waals surface area contributed by atoms with E-state index in [1.165, 1.54) is 32.4 Å². The van der Waals surface area contributed by atoms with Crippen LogP contribution in [-0.4, -0.2) is 115 Å². The Kier molecular flexibility index (Phi) is 11.6. The van der Waals surface area contributed by atoms with Crippen LogP contribution < -0.4 is 24.8 Å². The van der Waals surface area contributed by atoms with Crippen molar-refractivity contribution in [1.29, 1.82) is 0 Å². The van der Waals surface area contributed by atoms with Gasteiger partial charge in [0.05, 0.1) is 31.3 Å². The van der Waals surface area contributed by atoms with E-state index in [-0.39, 0.29) is 55.0 Å². The predicted octanol–water partition coefficient (Wildman–Crippen LogP) is 3.10. The fourth-order valence-electron chi connectivity index (χ4n) is 7.65. The van der Waals surface area contributed by atoms with Gasteiger partial charge < -0.3 is 34.9 Å². The van der Waals surface area contributed by atoms with Crippen molar-refractivity contribution in [3.63, 3.8) is 0 Å². The molecule has 6 rings (SSSR count). The molecule has 4 N–H and O–H groups in total. The van der Waals surface area contributed by atoms with Crippen LogP contribution in [0.5, 0.6) is 11.6 Å². The molecule has 1 aromatic carbocycles. The van der Waals surface area contributed by atoms with Gasteiger partial charge in [-0.05, 0) is 56.6 Å². The number of sulfonamides is 1. The molecule has 2 aliphatic carbocycles. The molecule has 0 unspecified atom stereocenters. The van der Waals surface area contributed by atoms with Gasteiger partial charge in [0, 0.05) is 31.4 Å². The van der Waals surface area contributed by atoms with Gasteiger partial charge in [0.25, 0.3) is 5.91 Å². The van der Waals surface area contributed by atoms with Crippen molar-refractivity contribution >= 4 is 44.9 Å². The number of benzene rings is 1. The first-order valence-electron chi connectivity index (χ1n) is 18.4. The summed E-state index contributed by atoms with van der Waals surface area (Å²) in [6, 6.07) is 0.957. The Labute approximate surface area is 325 Å². The number of allylic oxidation sites excluding steroid dienone is 1. The second-order valence-corrected chi connectivity index (χ2v) is 17.3. The third-order valence-electron chi connectivity index (χ3n) is 11.1. The highest BCUT2D eigenvalue weighted by atomic mass is 32.2. The van der Waals surface area contributed by atoms with E-state index in [9.17, 15) is 50.3 Å². The summed E-state index contributed by atoms with van der Waals surface area (Å²) in [5.41, 5.74) is -3.47. The Morgan fingerprint density at radius 3 is 2.49 bits per heavy atom. The van der Waals surface area contributed by atoms with Crippen molar-refractivity contribution in [3.8, 4) is 11.6 Å². The summed E-state index contributed by atoms with van der Waals surface area (Å²) in [7, 11) is -1.79. The average Bonchev–Trinajstić information content (AvgIpc) is 4.05. The minimum absolute atomic E-state index is 0.00564. The van der Waals surface area contributed by atoms with Gasteiger partial charge in [-0.3, -0.25) is 19.1 Å². The molecule has 7 atom stereocenters. The number of nitrogens with one attached hydrogen (secondary N) is 3. The van der Waals surface area contributed by atoms with Crippen LogP contribution in [0.15, 0.2) is 30.4 Å². The molecule has 21 heteroatoms. The third-order valence-corrected chi connectivity index (χ3v) is 13.3. The van der Waals surface area contributed by atoms with Gasteiger partial charge in [-0.15, -0.1) is 0 Å². The van der Waals surface area contributed by atoms with Gasteiger partial charge in [-0.2, -0.15) is 13.2 Å². The second-order valence-electron chi connectivity index (χ2n) is 15.2. The maximum Gasteiger partial charge on any atom is 0.438 e. The van der Waals surface area contributed by atoms with Gasteiger partial charge >= 0.3 is 12.3 Å².